The highest BCUT2D eigenvalue weighted by Gasteiger charge is 2.22. The monoisotopic (exact) mass is 509 g/mol. The van der Waals surface area contributed by atoms with E-state index in [1.807, 2.05) is 0 Å². The summed E-state index contributed by atoms with van der Waals surface area (Å²) < 4.78 is 16.5. The number of ether oxygens (including phenoxy) is 3. The number of aromatic nitrogens is 1. The summed E-state index contributed by atoms with van der Waals surface area (Å²) in [6, 6.07) is 6.04. The summed E-state index contributed by atoms with van der Waals surface area (Å²) in [5.74, 6) is 1.02. The van der Waals surface area contributed by atoms with Crippen LogP contribution in [0.2, 0.25) is 10.0 Å². The molecule has 3 rings (SSSR count). The number of anilines is 1. The lowest BCUT2D eigenvalue weighted by atomic mass is 10.2. The Morgan fingerprint density at radius 2 is 1.88 bits per heavy atom. The van der Waals surface area contributed by atoms with Gasteiger partial charge in [-0.15, -0.1) is 0 Å². The topological polar surface area (TPSA) is 98.8 Å². The Hall–Kier alpha value is -2.71. The fourth-order valence-corrected chi connectivity index (χ4v) is 3.22. The number of hydrogen-bond donors (Lipinski definition) is 2. The molecule has 184 valence electrons. The maximum Gasteiger partial charge on any atom is 0.407 e. The maximum atomic E-state index is 12.6. The van der Waals surface area contributed by atoms with Crippen molar-refractivity contribution in [3.8, 4) is 11.6 Å². The van der Waals surface area contributed by atoms with Crippen LogP contribution in [0, 0.1) is 5.92 Å². The third kappa shape index (κ3) is 8.25. The fraction of sp³-hybridized carbons (Fsp3) is 0.458. The average molecular weight is 510 g/mol. The van der Waals surface area contributed by atoms with Gasteiger partial charge in [-0.1, -0.05) is 23.2 Å². The fourth-order valence-electron chi connectivity index (χ4n) is 2.79. The number of amides is 2. The van der Waals surface area contributed by atoms with Crippen LogP contribution in [0.4, 0.5) is 10.5 Å². The van der Waals surface area contributed by atoms with E-state index < -0.39 is 11.7 Å². The van der Waals surface area contributed by atoms with Crippen molar-refractivity contribution in [2.24, 2.45) is 5.92 Å². The molecular weight excluding hydrogens is 481 g/mol. The first kappa shape index (κ1) is 25.9. The number of nitrogens with one attached hydrogen (secondary N) is 2. The Morgan fingerprint density at radius 1 is 1.15 bits per heavy atom. The number of hydrogen-bond acceptors (Lipinski definition) is 6. The average Bonchev–Trinajstić information content (AvgIpc) is 3.56. The number of alkyl carbamates (subject to hydrolysis) is 1. The van der Waals surface area contributed by atoms with Gasteiger partial charge in [-0.2, -0.15) is 0 Å². The van der Waals surface area contributed by atoms with E-state index in [0.717, 1.165) is 0 Å². The predicted molar refractivity (Wildman–Crippen MR) is 131 cm³/mol. The van der Waals surface area contributed by atoms with E-state index in [-0.39, 0.29) is 29.5 Å². The molecule has 1 saturated carbocycles. The Kier molecular flexibility index (Phi) is 8.49. The van der Waals surface area contributed by atoms with Crippen molar-refractivity contribution in [3.05, 3.63) is 46.1 Å². The van der Waals surface area contributed by atoms with Crippen LogP contribution < -0.4 is 20.1 Å². The number of pyridine rings is 1. The summed E-state index contributed by atoms with van der Waals surface area (Å²) in [5, 5.41) is 6.01. The standard InChI is InChI=1S/C24H29Cl2N3O5/c1-14(28-23(31)34-24(2,3)4)12-33-21-10-17(25)19(11-27-21)29-22(30)16-7-8-20(18(26)9-16)32-13-15-5-6-15/h7-11,14-15H,5-6,12-13H2,1-4H3,(H,28,31)(H,29,30)/t14-/m0/s1. The Morgan fingerprint density at radius 3 is 2.50 bits per heavy atom. The zero-order valence-electron chi connectivity index (χ0n) is 19.6. The van der Waals surface area contributed by atoms with Crippen molar-refractivity contribution < 1.29 is 23.8 Å². The molecule has 34 heavy (non-hydrogen) atoms. The smallest absolute Gasteiger partial charge is 0.407 e. The van der Waals surface area contributed by atoms with E-state index in [1.165, 1.54) is 25.1 Å². The first-order valence-corrected chi connectivity index (χ1v) is 11.8. The van der Waals surface area contributed by atoms with E-state index in [1.54, 1.807) is 45.9 Å². The Balaban J connectivity index is 1.51. The van der Waals surface area contributed by atoms with Crippen LogP contribution >= 0.6 is 23.2 Å². The van der Waals surface area contributed by atoms with Gasteiger partial charge in [0.2, 0.25) is 5.88 Å². The molecule has 8 nitrogen and oxygen atoms in total. The molecule has 2 aromatic rings. The van der Waals surface area contributed by atoms with Gasteiger partial charge in [-0.05, 0) is 64.7 Å². The maximum absolute atomic E-state index is 12.6. The van der Waals surface area contributed by atoms with Crippen molar-refractivity contribution in [2.75, 3.05) is 18.5 Å². The van der Waals surface area contributed by atoms with Crippen LogP contribution in [0.5, 0.6) is 11.6 Å². The molecule has 1 atom stereocenters. The zero-order chi connectivity index (χ0) is 24.9. The van der Waals surface area contributed by atoms with E-state index in [0.29, 0.717) is 34.5 Å². The molecule has 1 fully saturated rings. The first-order valence-electron chi connectivity index (χ1n) is 11.0. The van der Waals surface area contributed by atoms with Crippen molar-refractivity contribution in [2.45, 2.75) is 52.2 Å². The molecule has 1 aliphatic rings. The lowest BCUT2D eigenvalue weighted by molar-refractivity contribution is 0.0493. The van der Waals surface area contributed by atoms with Crippen molar-refractivity contribution in [1.82, 2.24) is 10.3 Å². The van der Waals surface area contributed by atoms with Gasteiger partial charge in [0, 0.05) is 11.6 Å². The van der Waals surface area contributed by atoms with Crippen LogP contribution in [-0.2, 0) is 4.74 Å². The van der Waals surface area contributed by atoms with Crippen LogP contribution in [-0.4, -0.2) is 41.8 Å². The van der Waals surface area contributed by atoms with E-state index in [4.69, 9.17) is 37.4 Å². The van der Waals surface area contributed by atoms with Crippen LogP contribution in [0.25, 0.3) is 0 Å². The molecule has 0 radical (unpaired) electrons. The van der Waals surface area contributed by atoms with Crippen molar-refractivity contribution >= 4 is 40.9 Å². The van der Waals surface area contributed by atoms with Crippen LogP contribution in [0.15, 0.2) is 30.5 Å². The quantitative estimate of drug-likeness (QED) is 0.448. The van der Waals surface area contributed by atoms with Gasteiger partial charge >= 0.3 is 6.09 Å². The predicted octanol–water partition coefficient (Wildman–Crippen LogP) is 5.72. The summed E-state index contributed by atoms with van der Waals surface area (Å²) in [6.07, 6.45) is 3.23. The number of nitrogens with zero attached hydrogens (tertiary/aromatic N) is 1. The zero-order valence-corrected chi connectivity index (χ0v) is 21.1. The molecule has 10 heteroatoms. The SMILES string of the molecule is C[C@@H](COc1cc(Cl)c(NC(=O)c2ccc(OCC3CC3)c(Cl)c2)cn1)NC(=O)OC(C)(C)C. The molecule has 2 N–H and O–H groups in total. The molecule has 1 heterocycles. The largest absolute Gasteiger partial charge is 0.492 e. The van der Waals surface area contributed by atoms with Gasteiger partial charge < -0.3 is 24.8 Å². The lowest BCUT2D eigenvalue weighted by Crippen LogP contribution is -2.40. The van der Waals surface area contributed by atoms with Crippen molar-refractivity contribution in [3.63, 3.8) is 0 Å². The number of carbonyl (C=O) groups excluding carboxylic acids is 2. The van der Waals surface area contributed by atoms with E-state index in [9.17, 15) is 9.59 Å². The minimum Gasteiger partial charge on any atom is -0.492 e. The highest BCUT2D eigenvalue weighted by atomic mass is 35.5. The normalized spacial score (nSPS) is 14.2. The molecule has 1 aromatic carbocycles. The Bertz CT molecular complexity index is 1040. The van der Waals surface area contributed by atoms with Gasteiger partial charge in [0.15, 0.2) is 0 Å². The molecule has 1 aromatic heterocycles. The molecule has 0 unspecified atom stereocenters. The summed E-state index contributed by atoms with van der Waals surface area (Å²) >= 11 is 12.6. The number of rotatable bonds is 9. The van der Waals surface area contributed by atoms with Gasteiger partial charge in [0.1, 0.15) is 18.0 Å². The number of halogens is 2. The van der Waals surface area contributed by atoms with Crippen LogP contribution in [0.3, 0.4) is 0 Å². The summed E-state index contributed by atoms with van der Waals surface area (Å²) in [6.45, 7) is 7.92. The number of carbonyl (C=O) groups is 2. The van der Waals surface area contributed by atoms with E-state index in [2.05, 4.69) is 15.6 Å². The molecule has 0 saturated heterocycles. The van der Waals surface area contributed by atoms with Gasteiger partial charge in [-0.25, -0.2) is 9.78 Å². The van der Waals surface area contributed by atoms with Gasteiger partial charge in [-0.3, -0.25) is 4.79 Å². The second kappa shape index (κ2) is 11.1. The highest BCUT2D eigenvalue weighted by Crippen LogP contribution is 2.32. The minimum absolute atomic E-state index is 0.155. The third-order valence-electron chi connectivity index (χ3n) is 4.69. The third-order valence-corrected chi connectivity index (χ3v) is 5.29. The second-order valence-corrected chi connectivity index (χ2v) is 10.0. The highest BCUT2D eigenvalue weighted by molar-refractivity contribution is 6.34. The first-order chi connectivity index (χ1) is 16.0. The van der Waals surface area contributed by atoms with Gasteiger partial charge in [0.05, 0.1) is 34.6 Å². The summed E-state index contributed by atoms with van der Waals surface area (Å²) in [7, 11) is 0. The van der Waals surface area contributed by atoms with Crippen LogP contribution in [0.1, 0.15) is 50.9 Å². The molecule has 1 aliphatic carbocycles. The molecule has 0 spiro atoms. The summed E-state index contributed by atoms with van der Waals surface area (Å²) in [5.41, 5.74) is 0.100. The molecule has 0 aliphatic heterocycles. The molecule has 0 bridgehead atoms. The lowest BCUT2D eigenvalue weighted by Gasteiger charge is -2.22. The molecular formula is C24H29Cl2N3O5. The van der Waals surface area contributed by atoms with E-state index >= 15 is 0 Å². The Labute approximate surface area is 209 Å². The van der Waals surface area contributed by atoms with Gasteiger partial charge in [0.25, 0.3) is 5.91 Å². The number of benzene rings is 1. The van der Waals surface area contributed by atoms with Crippen molar-refractivity contribution in [1.29, 1.82) is 0 Å². The minimum atomic E-state index is -0.586. The molecule has 2 amide bonds. The second-order valence-electron chi connectivity index (χ2n) is 9.21. The summed E-state index contributed by atoms with van der Waals surface area (Å²) in [4.78, 5) is 28.6.